The van der Waals surface area contributed by atoms with Gasteiger partial charge in [0.2, 0.25) is 23.9 Å². The highest BCUT2D eigenvalue weighted by Gasteiger charge is 2.18. The van der Waals surface area contributed by atoms with Crippen LogP contribution in [0.1, 0.15) is 85.2 Å². The smallest absolute Gasteiger partial charge is 0.422 e. The molecule has 0 atom stereocenters. The van der Waals surface area contributed by atoms with Gasteiger partial charge in [0.1, 0.15) is 23.0 Å². The van der Waals surface area contributed by atoms with Crippen LogP contribution in [0.5, 0.6) is 34.8 Å². The molecule has 0 fully saturated rings. The summed E-state index contributed by atoms with van der Waals surface area (Å²) in [6.45, 7) is 8.35. The fourth-order valence-corrected chi connectivity index (χ4v) is 6.31. The van der Waals surface area contributed by atoms with Crippen LogP contribution in [0.3, 0.4) is 0 Å². The lowest BCUT2D eigenvalue weighted by atomic mass is 10.1. The average Bonchev–Trinajstić information content (AvgIpc) is 3.30. The van der Waals surface area contributed by atoms with Crippen LogP contribution in [-0.4, -0.2) is 56.4 Å². The molecule has 2 amide bonds. The molecule has 6 rings (SSSR count). The van der Waals surface area contributed by atoms with Crippen molar-refractivity contribution in [2.45, 2.75) is 78.4 Å². The maximum atomic E-state index is 12.4. The second kappa shape index (κ2) is 24.1. The van der Waals surface area contributed by atoms with E-state index < -0.39 is 17.8 Å². The lowest BCUT2D eigenvalue weighted by Crippen LogP contribution is -2.32. The molecule has 0 aliphatic rings. The highest BCUT2D eigenvalue weighted by atomic mass is 16.6. The SMILES string of the molecule is CCC(CC)Oc1ccc(Oc2ccc(CC(=O)Nc3ccccc3C(=O)O)c[n+]2O)cc1.CCC(CC)Oc1ccc(Oc2ccc(CC(=O)Nc3ccccc3C(=O)O)cn2)cc1. The van der Waals surface area contributed by atoms with Gasteiger partial charge < -0.3 is 39.8 Å². The Morgan fingerprint density at radius 1 is 0.554 bits per heavy atom. The number of carboxylic acids is 2. The van der Waals surface area contributed by atoms with Gasteiger partial charge in [0, 0.05) is 22.6 Å². The molecule has 0 aliphatic heterocycles. The summed E-state index contributed by atoms with van der Waals surface area (Å²) < 4.78 is 24.0. The van der Waals surface area contributed by atoms with E-state index in [2.05, 4.69) is 43.3 Å². The number of amides is 2. The maximum Gasteiger partial charge on any atom is 0.422 e. The van der Waals surface area contributed by atoms with Gasteiger partial charge in [-0.05, 0) is 110 Å². The molecule has 0 saturated carbocycles. The van der Waals surface area contributed by atoms with Gasteiger partial charge in [-0.2, -0.15) is 0 Å². The van der Waals surface area contributed by atoms with Gasteiger partial charge in [-0.15, -0.1) is 0 Å². The molecule has 65 heavy (non-hydrogen) atoms. The molecule has 6 aromatic rings. The second-order valence-corrected chi connectivity index (χ2v) is 14.6. The van der Waals surface area contributed by atoms with Gasteiger partial charge in [-0.3, -0.25) is 14.8 Å². The third-order valence-electron chi connectivity index (χ3n) is 9.86. The first-order valence-electron chi connectivity index (χ1n) is 21.2. The van der Waals surface area contributed by atoms with Gasteiger partial charge in [-0.1, -0.05) is 58.0 Å². The molecule has 4 aromatic carbocycles. The minimum absolute atomic E-state index is 0.00291. The van der Waals surface area contributed by atoms with Crippen molar-refractivity contribution >= 4 is 35.1 Å². The zero-order chi connectivity index (χ0) is 46.7. The first-order valence-corrected chi connectivity index (χ1v) is 21.2. The number of nitrogens with zero attached hydrogens (tertiary/aromatic N) is 2. The van der Waals surface area contributed by atoms with Crippen molar-refractivity contribution < 1.29 is 58.3 Å². The summed E-state index contributed by atoms with van der Waals surface area (Å²) in [4.78, 5) is 51.5. The molecule has 0 aliphatic carbocycles. The first kappa shape index (κ1) is 48.1. The Balaban J connectivity index is 0.000000244. The minimum atomic E-state index is -1.13. The van der Waals surface area contributed by atoms with Crippen molar-refractivity contribution in [2.24, 2.45) is 0 Å². The van der Waals surface area contributed by atoms with E-state index in [-0.39, 0.29) is 59.3 Å². The van der Waals surface area contributed by atoms with Crippen LogP contribution in [0, 0.1) is 0 Å². The fraction of sp³-hybridized carbons (Fsp3) is 0.240. The van der Waals surface area contributed by atoms with Gasteiger partial charge in [-0.25, -0.2) is 14.6 Å². The molecule has 2 aromatic heterocycles. The summed E-state index contributed by atoms with van der Waals surface area (Å²) in [5.41, 5.74) is 1.71. The molecule has 0 bridgehead atoms. The molecule has 0 radical (unpaired) electrons. The van der Waals surface area contributed by atoms with E-state index in [1.165, 1.54) is 24.4 Å². The van der Waals surface area contributed by atoms with Gasteiger partial charge in [0.15, 0.2) is 0 Å². The Morgan fingerprint density at radius 2 is 0.985 bits per heavy atom. The van der Waals surface area contributed by atoms with E-state index in [9.17, 15) is 34.6 Å². The highest BCUT2D eigenvalue weighted by Crippen LogP contribution is 2.26. The summed E-state index contributed by atoms with van der Waals surface area (Å²) in [5.74, 6) is 0.296. The number of aromatic nitrogens is 2. The fourth-order valence-electron chi connectivity index (χ4n) is 6.31. The zero-order valence-electron chi connectivity index (χ0n) is 36.6. The number of carbonyl (C=O) groups excluding carboxylic acids is 2. The number of carbonyl (C=O) groups is 4. The van der Waals surface area contributed by atoms with Crippen molar-refractivity contribution in [3.63, 3.8) is 0 Å². The summed E-state index contributed by atoms with van der Waals surface area (Å²) in [7, 11) is 0. The number of pyridine rings is 2. The largest absolute Gasteiger partial charge is 0.490 e. The molecule has 338 valence electrons. The Bertz CT molecular complexity index is 2510. The maximum absolute atomic E-state index is 12.4. The van der Waals surface area contributed by atoms with Crippen LogP contribution in [0.2, 0.25) is 0 Å². The monoisotopic (exact) mass is 885 g/mol. The number of hydrogen-bond donors (Lipinski definition) is 5. The minimum Gasteiger partial charge on any atom is -0.490 e. The average molecular weight is 886 g/mol. The lowest BCUT2D eigenvalue weighted by Gasteiger charge is -2.15. The summed E-state index contributed by atoms with van der Waals surface area (Å²) >= 11 is 0. The topological polar surface area (TPSA) is 207 Å². The molecule has 5 N–H and O–H groups in total. The van der Waals surface area contributed by atoms with Gasteiger partial charge in [0.05, 0.1) is 53.6 Å². The van der Waals surface area contributed by atoms with Gasteiger partial charge in [0.25, 0.3) is 0 Å². The predicted molar refractivity (Wildman–Crippen MR) is 243 cm³/mol. The third-order valence-corrected chi connectivity index (χ3v) is 9.86. The molecule has 0 unspecified atom stereocenters. The van der Waals surface area contributed by atoms with Crippen LogP contribution in [0.25, 0.3) is 0 Å². The zero-order valence-corrected chi connectivity index (χ0v) is 36.6. The van der Waals surface area contributed by atoms with E-state index >= 15 is 0 Å². The van der Waals surface area contributed by atoms with Crippen molar-refractivity contribution in [1.29, 1.82) is 0 Å². The first-order chi connectivity index (χ1) is 31.4. The predicted octanol–water partition coefficient (Wildman–Crippen LogP) is 9.77. The van der Waals surface area contributed by atoms with E-state index in [0.29, 0.717) is 28.5 Å². The lowest BCUT2D eigenvalue weighted by molar-refractivity contribution is -0.906. The molecule has 15 nitrogen and oxygen atoms in total. The van der Waals surface area contributed by atoms with Crippen LogP contribution in [0.15, 0.2) is 134 Å². The molecule has 0 saturated heterocycles. The van der Waals surface area contributed by atoms with Crippen LogP contribution < -0.4 is 34.3 Å². The van der Waals surface area contributed by atoms with Crippen LogP contribution >= 0.6 is 0 Å². The summed E-state index contributed by atoms with van der Waals surface area (Å²) in [6.07, 6.45) is 7.05. The van der Waals surface area contributed by atoms with E-state index in [4.69, 9.17) is 18.9 Å². The van der Waals surface area contributed by atoms with Crippen molar-refractivity contribution in [1.82, 2.24) is 4.98 Å². The molecular formula is C50H53N4O11+. The summed E-state index contributed by atoms with van der Waals surface area (Å²) in [6, 6.07) is 33.5. The Morgan fingerprint density at radius 3 is 1.42 bits per heavy atom. The van der Waals surface area contributed by atoms with E-state index in [1.807, 2.05) is 36.4 Å². The van der Waals surface area contributed by atoms with Crippen molar-refractivity contribution in [3.8, 4) is 34.8 Å². The summed E-state index contributed by atoms with van der Waals surface area (Å²) in [5, 5.41) is 33.9. The number of rotatable bonds is 20. The van der Waals surface area contributed by atoms with Crippen LogP contribution in [-0.2, 0) is 22.4 Å². The van der Waals surface area contributed by atoms with Crippen molar-refractivity contribution in [2.75, 3.05) is 10.6 Å². The van der Waals surface area contributed by atoms with Crippen LogP contribution in [0.4, 0.5) is 11.4 Å². The van der Waals surface area contributed by atoms with E-state index in [1.54, 1.807) is 72.9 Å². The van der Waals surface area contributed by atoms with Crippen molar-refractivity contribution in [3.05, 3.63) is 156 Å². The van der Waals surface area contributed by atoms with E-state index in [0.717, 1.165) is 41.9 Å². The normalized spacial score (nSPS) is 10.6. The number of aromatic carboxylic acids is 2. The third kappa shape index (κ3) is 14.8. The number of hydrogen-bond acceptors (Lipinski definition) is 10. The number of ether oxygens (including phenoxy) is 4. The van der Waals surface area contributed by atoms with Gasteiger partial charge >= 0.3 is 17.8 Å². The quantitative estimate of drug-likeness (QED) is 0.0359. The molecule has 2 heterocycles. The Labute approximate surface area is 377 Å². The standard InChI is InChI=1S/C25H26N2O6.C25H26N2O5/c1-3-18(4-2)32-19-10-12-20(13-11-19)33-24-14-9-17(16-27(24)31)15-23(28)26-22-8-6-5-7-21(22)25(29)30;1-3-18(4-2)31-19-10-12-20(13-11-19)32-24-14-9-17(16-26-24)15-23(28)27-22-8-6-5-7-21(22)25(29)30/h5-14,16,18H,3-4,15H2,1-2H3,(H2-,26,28,29,30,31);5-14,16,18H,3-4,15H2,1-2H3,(H,27,28)(H,29,30)/p+1. The number of para-hydroxylation sites is 2. The number of nitrogens with one attached hydrogen (secondary N) is 2. The number of anilines is 2. The second-order valence-electron chi connectivity index (χ2n) is 14.6. The number of carboxylic acid groups (broad SMARTS) is 2. The Kier molecular flexibility index (Phi) is 17.8. The molecule has 15 heteroatoms. The molecular weight excluding hydrogens is 833 g/mol. The Hall–Kier alpha value is -7.94. The molecule has 0 spiro atoms. The highest BCUT2D eigenvalue weighted by molar-refractivity contribution is 6.01. The number of benzene rings is 4.